The molecule has 1 aromatic rings. The van der Waals surface area contributed by atoms with Gasteiger partial charge in [0.05, 0.1) is 13.2 Å². The molecule has 0 N–H and O–H groups in total. The zero-order valence-electron chi connectivity index (χ0n) is 11.4. The summed E-state index contributed by atoms with van der Waals surface area (Å²) in [5.41, 5.74) is 1.09. The Morgan fingerprint density at radius 2 is 1.90 bits per heavy atom. The van der Waals surface area contributed by atoms with E-state index in [1.165, 1.54) is 12.4 Å². The van der Waals surface area contributed by atoms with Gasteiger partial charge >= 0.3 is 6.09 Å². The van der Waals surface area contributed by atoms with Gasteiger partial charge in [0.25, 0.3) is 0 Å². The zero-order chi connectivity index (χ0) is 14.0. The predicted octanol–water partition coefficient (Wildman–Crippen LogP) is 3.13. The van der Waals surface area contributed by atoms with Crippen molar-refractivity contribution in [2.75, 3.05) is 13.2 Å². The highest BCUT2D eigenvalue weighted by molar-refractivity contribution is 5.85. The van der Waals surface area contributed by atoms with Crippen molar-refractivity contribution in [2.45, 2.75) is 6.61 Å². The summed E-state index contributed by atoms with van der Waals surface area (Å²) in [6.45, 7) is 1.04. The van der Waals surface area contributed by atoms with Gasteiger partial charge in [-0.3, -0.25) is 0 Å². The second-order valence-corrected chi connectivity index (χ2v) is 3.99. The fraction of sp³-hybridized carbons (Fsp3) is 0.200. The number of carbonyl (C=O) groups is 1. The van der Waals surface area contributed by atoms with E-state index in [9.17, 15) is 4.79 Å². The van der Waals surface area contributed by atoms with Crippen LogP contribution in [0, 0.1) is 0 Å². The van der Waals surface area contributed by atoms with E-state index in [0.717, 1.165) is 10.6 Å². The molecular formula is C15H17ClN2O3. The van der Waals surface area contributed by atoms with Crippen molar-refractivity contribution in [1.82, 2.24) is 5.01 Å². The van der Waals surface area contributed by atoms with Gasteiger partial charge in [-0.15, -0.1) is 12.4 Å². The molecule has 0 radical (unpaired) electrons. The summed E-state index contributed by atoms with van der Waals surface area (Å²) < 4.78 is 10.5. The summed E-state index contributed by atoms with van der Waals surface area (Å²) in [7, 11) is 0. The summed E-state index contributed by atoms with van der Waals surface area (Å²) in [6, 6.07) is 9.83. The minimum Gasteiger partial charge on any atom is -0.445 e. The van der Waals surface area contributed by atoms with Gasteiger partial charge in [-0.2, -0.15) is 10.1 Å². The molecule has 21 heavy (non-hydrogen) atoms. The summed E-state index contributed by atoms with van der Waals surface area (Å²) in [5.74, 6) is 0. The van der Waals surface area contributed by atoms with E-state index < -0.39 is 6.09 Å². The van der Waals surface area contributed by atoms with Crippen LogP contribution in [-0.2, 0) is 16.1 Å². The number of benzene rings is 1. The molecule has 5 nitrogen and oxygen atoms in total. The summed E-state index contributed by atoms with van der Waals surface area (Å²) in [4.78, 5) is 11.6. The summed E-state index contributed by atoms with van der Waals surface area (Å²) in [6.07, 6.45) is 7.75. The van der Waals surface area contributed by atoms with Gasteiger partial charge in [0.15, 0.2) is 0 Å². The Morgan fingerprint density at radius 1 is 1.10 bits per heavy atom. The number of halogens is 1. The van der Waals surface area contributed by atoms with E-state index in [1.54, 1.807) is 18.2 Å². The minimum atomic E-state index is -0.524. The molecule has 0 saturated carbocycles. The minimum absolute atomic E-state index is 0. The van der Waals surface area contributed by atoms with E-state index in [1.807, 2.05) is 30.3 Å². The SMILES string of the molecule is Cl.O=C(OCCOCc1ccccc1)N1C=CC=CC=N1. The first-order chi connectivity index (χ1) is 9.86. The Hall–Kier alpha value is -2.11. The molecule has 0 spiro atoms. The first-order valence-corrected chi connectivity index (χ1v) is 6.31. The number of nitrogens with zero attached hydrogens (tertiary/aromatic N) is 2. The second kappa shape index (κ2) is 9.74. The third-order valence-corrected chi connectivity index (χ3v) is 2.48. The van der Waals surface area contributed by atoms with Crippen molar-refractivity contribution in [1.29, 1.82) is 0 Å². The van der Waals surface area contributed by atoms with Gasteiger partial charge < -0.3 is 9.47 Å². The van der Waals surface area contributed by atoms with Gasteiger partial charge in [-0.05, 0) is 17.7 Å². The van der Waals surface area contributed by atoms with Crippen molar-refractivity contribution in [3.05, 3.63) is 60.3 Å². The number of carbonyl (C=O) groups excluding carboxylic acids is 1. The Bertz CT molecular complexity index is 499. The molecule has 1 aliphatic rings. The number of hydrogen-bond donors (Lipinski definition) is 0. The lowest BCUT2D eigenvalue weighted by Crippen LogP contribution is -2.22. The maximum absolute atomic E-state index is 11.6. The largest absolute Gasteiger partial charge is 0.445 e. The average molecular weight is 309 g/mol. The molecule has 1 aliphatic heterocycles. The van der Waals surface area contributed by atoms with Crippen LogP contribution in [0.4, 0.5) is 4.79 Å². The fourth-order valence-corrected chi connectivity index (χ4v) is 1.52. The van der Waals surface area contributed by atoms with Gasteiger partial charge in [0.2, 0.25) is 0 Å². The molecule has 2 rings (SSSR count). The molecular weight excluding hydrogens is 292 g/mol. The van der Waals surface area contributed by atoms with Gasteiger partial charge in [0.1, 0.15) is 6.61 Å². The number of allylic oxidation sites excluding steroid dienone is 3. The monoisotopic (exact) mass is 308 g/mol. The highest BCUT2D eigenvalue weighted by Crippen LogP contribution is 2.02. The summed E-state index contributed by atoms with van der Waals surface area (Å²) >= 11 is 0. The third kappa shape index (κ3) is 6.25. The van der Waals surface area contributed by atoms with E-state index in [4.69, 9.17) is 9.47 Å². The Balaban J connectivity index is 0.00000220. The standard InChI is InChI=1S/C15H16N2O3.ClH/c18-15(17-10-6-2-5-9-16-17)20-12-11-19-13-14-7-3-1-4-8-14;/h1-10H,11-13H2;1H. The van der Waals surface area contributed by atoms with E-state index >= 15 is 0 Å². The van der Waals surface area contributed by atoms with E-state index in [-0.39, 0.29) is 19.0 Å². The predicted molar refractivity (Wildman–Crippen MR) is 83.3 cm³/mol. The van der Waals surface area contributed by atoms with Crippen LogP contribution in [0.1, 0.15) is 5.56 Å². The fourth-order valence-electron chi connectivity index (χ4n) is 1.52. The lowest BCUT2D eigenvalue weighted by molar-refractivity contribution is 0.0548. The maximum Gasteiger partial charge on any atom is 0.434 e. The van der Waals surface area contributed by atoms with Crippen LogP contribution < -0.4 is 0 Å². The van der Waals surface area contributed by atoms with Crippen LogP contribution in [0.15, 0.2) is 59.9 Å². The molecule has 0 fully saturated rings. The normalized spacial score (nSPS) is 12.7. The van der Waals surface area contributed by atoms with Gasteiger partial charge in [0, 0.05) is 12.4 Å². The van der Waals surface area contributed by atoms with Gasteiger partial charge in [-0.1, -0.05) is 36.4 Å². The van der Waals surface area contributed by atoms with Crippen LogP contribution in [0.25, 0.3) is 0 Å². The highest BCUT2D eigenvalue weighted by Gasteiger charge is 2.10. The van der Waals surface area contributed by atoms with Crippen molar-refractivity contribution in [3.63, 3.8) is 0 Å². The van der Waals surface area contributed by atoms with Crippen LogP contribution in [0.3, 0.4) is 0 Å². The summed E-state index contributed by atoms with van der Waals surface area (Å²) in [5, 5.41) is 5.03. The van der Waals surface area contributed by atoms with Crippen LogP contribution in [-0.4, -0.2) is 30.5 Å². The van der Waals surface area contributed by atoms with Crippen molar-refractivity contribution in [2.24, 2.45) is 5.10 Å². The zero-order valence-corrected chi connectivity index (χ0v) is 12.2. The molecule has 0 aliphatic carbocycles. The van der Waals surface area contributed by atoms with Crippen molar-refractivity contribution in [3.8, 4) is 0 Å². The molecule has 0 unspecified atom stereocenters. The van der Waals surface area contributed by atoms with Crippen LogP contribution in [0.5, 0.6) is 0 Å². The number of hydrogen-bond acceptors (Lipinski definition) is 4. The van der Waals surface area contributed by atoms with E-state index in [2.05, 4.69) is 5.10 Å². The molecule has 112 valence electrons. The Kier molecular flexibility index (Phi) is 7.86. The molecule has 0 atom stereocenters. The molecule has 0 aromatic heterocycles. The first kappa shape index (κ1) is 16.9. The number of amides is 1. The van der Waals surface area contributed by atoms with Gasteiger partial charge in [-0.25, -0.2) is 4.79 Å². The maximum atomic E-state index is 11.6. The number of ether oxygens (including phenoxy) is 2. The molecule has 1 amide bonds. The second-order valence-electron chi connectivity index (χ2n) is 3.99. The van der Waals surface area contributed by atoms with E-state index in [0.29, 0.717) is 13.2 Å². The molecule has 1 aromatic carbocycles. The topological polar surface area (TPSA) is 51.1 Å². The number of hydrazone groups is 1. The average Bonchev–Trinajstić information content (AvgIpc) is 2.77. The van der Waals surface area contributed by atoms with Crippen molar-refractivity contribution >= 4 is 24.7 Å². The lowest BCUT2D eigenvalue weighted by Gasteiger charge is -2.11. The van der Waals surface area contributed by atoms with Crippen LogP contribution >= 0.6 is 12.4 Å². The molecule has 0 bridgehead atoms. The molecule has 0 saturated heterocycles. The first-order valence-electron chi connectivity index (χ1n) is 6.31. The van der Waals surface area contributed by atoms with Crippen LogP contribution in [0.2, 0.25) is 0 Å². The lowest BCUT2D eigenvalue weighted by atomic mass is 10.2. The molecule has 1 heterocycles. The molecule has 6 heteroatoms. The third-order valence-electron chi connectivity index (χ3n) is 2.48. The highest BCUT2D eigenvalue weighted by atomic mass is 35.5. The smallest absolute Gasteiger partial charge is 0.434 e. The van der Waals surface area contributed by atoms with Crippen molar-refractivity contribution < 1.29 is 14.3 Å². The Labute approximate surface area is 129 Å². The quantitative estimate of drug-likeness (QED) is 0.785. The number of rotatable bonds is 5. The Morgan fingerprint density at radius 3 is 2.71 bits per heavy atom.